The molecule has 1 saturated heterocycles. The third-order valence-corrected chi connectivity index (χ3v) is 6.06. The van der Waals surface area contributed by atoms with Gasteiger partial charge in [0, 0.05) is 31.2 Å². The molecule has 1 aromatic carbocycles. The number of anilines is 1. The molecular formula is C22H25N7O2. The van der Waals surface area contributed by atoms with Crippen molar-refractivity contribution in [2.24, 2.45) is 13.0 Å². The van der Waals surface area contributed by atoms with E-state index in [-0.39, 0.29) is 6.54 Å². The molecule has 5 rings (SSSR count). The van der Waals surface area contributed by atoms with Gasteiger partial charge in [0.25, 0.3) is 5.56 Å². The van der Waals surface area contributed by atoms with Crippen molar-refractivity contribution in [3.63, 3.8) is 0 Å². The fourth-order valence-corrected chi connectivity index (χ4v) is 4.42. The van der Waals surface area contributed by atoms with Crippen LogP contribution in [-0.4, -0.2) is 42.2 Å². The molecule has 0 radical (unpaired) electrons. The van der Waals surface area contributed by atoms with E-state index in [1.54, 1.807) is 7.05 Å². The summed E-state index contributed by atoms with van der Waals surface area (Å²) in [5, 5.41) is 0.955. The normalized spacial score (nSPS) is 17.0. The zero-order chi connectivity index (χ0) is 21.7. The molecule has 4 heterocycles. The summed E-state index contributed by atoms with van der Waals surface area (Å²) >= 11 is 0. The number of fused-ring (bicyclic) bond motifs is 2. The highest BCUT2D eigenvalue weighted by atomic mass is 16.2. The minimum Gasteiger partial charge on any atom is -0.342 e. The van der Waals surface area contributed by atoms with Gasteiger partial charge < -0.3 is 9.88 Å². The fraction of sp³-hybridized carbons (Fsp3) is 0.409. The van der Waals surface area contributed by atoms with Crippen LogP contribution < -0.4 is 16.1 Å². The minimum absolute atomic E-state index is 0.00221. The lowest BCUT2D eigenvalue weighted by Crippen LogP contribution is -2.39. The minimum atomic E-state index is -0.433. The van der Waals surface area contributed by atoms with E-state index in [0.717, 1.165) is 36.1 Å². The molecule has 0 spiro atoms. The van der Waals surface area contributed by atoms with Crippen LogP contribution in [0.25, 0.3) is 22.1 Å². The molecule has 3 aromatic heterocycles. The number of piperidine rings is 1. The molecule has 1 N–H and O–H groups in total. The summed E-state index contributed by atoms with van der Waals surface area (Å²) in [6.45, 7) is 5.88. The first-order chi connectivity index (χ1) is 14.9. The Labute approximate surface area is 178 Å². The summed E-state index contributed by atoms with van der Waals surface area (Å²) in [5.41, 5.74) is 1.46. The van der Waals surface area contributed by atoms with E-state index in [2.05, 4.69) is 31.8 Å². The molecule has 1 atom stereocenters. The smallest absolute Gasteiger partial charge is 0.332 e. The van der Waals surface area contributed by atoms with Gasteiger partial charge in [-0.25, -0.2) is 14.8 Å². The van der Waals surface area contributed by atoms with Crippen molar-refractivity contribution >= 4 is 28.0 Å². The average Bonchev–Trinajstić information content (AvgIpc) is 3.21. The third kappa shape index (κ3) is 3.30. The summed E-state index contributed by atoms with van der Waals surface area (Å²) in [4.78, 5) is 45.2. The Kier molecular flexibility index (Phi) is 4.60. The lowest BCUT2D eigenvalue weighted by atomic mass is 10.0. The molecule has 1 aliphatic heterocycles. The van der Waals surface area contributed by atoms with Gasteiger partial charge in [0.05, 0.1) is 12.1 Å². The second-order valence-electron chi connectivity index (χ2n) is 8.43. The lowest BCUT2D eigenvalue weighted by Gasteiger charge is -2.30. The fourth-order valence-electron chi connectivity index (χ4n) is 4.42. The maximum Gasteiger partial charge on any atom is 0.332 e. The van der Waals surface area contributed by atoms with E-state index >= 15 is 0 Å². The topological polar surface area (TPSA) is 102 Å². The Morgan fingerprint density at radius 2 is 1.97 bits per heavy atom. The molecule has 31 heavy (non-hydrogen) atoms. The van der Waals surface area contributed by atoms with E-state index < -0.39 is 11.2 Å². The first kappa shape index (κ1) is 19.5. The van der Waals surface area contributed by atoms with Crippen molar-refractivity contribution in [3.8, 4) is 0 Å². The molecule has 1 unspecified atom stereocenters. The van der Waals surface area contributed by atoms with Gasteiger partial charge >= 0.3 is 5.69 Å². The predicted octanol–water partition coefficient (Wildman–Crippen LogP) is 1.96. The second kappa shape index (κ2) is 7.33. The average molecular weight is 419 g/mol. The third-order valence-electron chi connectivity index (χ3n) is 6.06. The molecule has 9 nitrogen and oxygen atoms in total. The van der Waals surface area contributed by atoms with Crippen LogP contribution in [0.5, 0.6) is 0 Å². The number of benzene rings is 1. The zero-order valence-corrected chi connectivity index (χ0v) is 17.9. The molecule has 0 amide bonds. The van der Waals surface area contributed by atoms with Crippen LogP contribution in [0.1, 0.15) is 31.3 Å². The van der Waals surface area contributed by atoms with Crippen LogP contribution in [0, 0.1) is 12.8 Å². The van der Waals surface area contributed by atoms with Crippen LogP contribution in [0.15, 0.2) is 33.9 Å². The highest BCUT2D eigenvalue weighted by Crippen LogP contribution is 2.22. The standard InChI is InChI=1S/C22H25N7O2/c1-13-7-6-10-28(11-13)21-25-18-19(26-21)27(3)22(31)29(20(18)30)12-17-23-14(2)15-8-4-5-9-16(15)24-17/h4-5,8-9,13H,6-7,10-12H2,1-3H3,(H,25,26). The molecule has 4 aromatic rings. The number of hydrogen-bond donors (Lipinski definition) is 1. The number of nitrogens with one attached hydrogen (secondary N) is 1. The van der Waals surface area contributed by atoms with E-state index in [0.29, 0.717) is 28.9 Å². The Hall–Kier alpha value is -3.49. The SMILES string of the molecule is Cc1nc(Cn2c(=O)c3[nH]c(N4CCCC(C)C4)nc3n(C)c2=O)nc2ccccc12. The highest BCUT2D eigenvalue weighted by Gasteiger charge is 2.22. The van der Waals surface area contributed by atoms with Gasteiger partial charge in [-0.2, -0.15) is 4.98 Å². The van der Waals surface area contributed by atoms with Gasteiger partial charge in [0.1, 0.15) is 5.82 Å². The molecule has 160 valence electrons. The van der Waals surface area contributed by atoms with Crippen molar-refractivity contribution in [2.45, 2.75) is 33.2 Å². The van der Waals surface area contributed by atoms with Crippen LogP contribution in [-0.2, 0) is 13.6 Å². The molecule has 0 bridgehead atoms. The quantitative estimate of drug-likeness (QED) is 0.545. The van der Waals surface area contributed by atoms with Crippen LogP contribution in [0.3, 0.4) is 0 Å². The van der Waals surface area contributed by atoms with Crippen molar-refractivity contribution in [2.75, 3.05) is 18.0 Å². The molecule has 0 aliphatic carbocycles. The first-order valence-electron chi connectivity index (χ1n) is 10.6. The van der Waals surface area contributed by atoms with Crippen molar-refractivity contribution < 1.29 is 0 Å². The lowest BCUT2D eigenvalue weighted by molar-refractivity contribution is 0.443. The number of imidazole rings is 1. The number of hydrogen-bond acceptors (Lipinski definition) is 6. The highest BCUT2D eigenvalue weighted by molar-refractivity contribution is 5.80. The van der Waals surface area contributed by atoms with Crippen molar-refractivity contribution in [3.05, 3.63) is 56.6 Å². The maximum absolute atomic E-state index is 13.2. The first-order valence-corrected chi connectivity index (χ1v) is 10.6. The van der Waals surface area contributed by atoms with Gasteiger partial charge in [-0.15, -0.1) is 0 Å². The van der Waals surface area contributed by atoms with E-state index in [1.165, 1.54) is 15.6 Å². The molecular weight excluding hydrogens is 394 g/mol. The zero-order valence-electron chi connectivity index (χ0n) is 17.9. The largest absolute Gasteiger partial charge is 0.342 e. The van der Waals surface area contributed by atoms with Crippen LogP contribution in [0.2, 0.25) is 0 Å². The van der Waals surface area contributed by atoms with Crippen molar-refractivity contribution in [1.82, 2.24) is 29.1 Å². The summed E-state index contributed by atoms with van der Waals surface area (Å²) in [6.07, 6.45) is 2.27. The number of aromatic amines is 1. The van der Waals surface area contributed by atoms with Crippen molar-refractivity contribution in [1.29, 1.82) is 0 Å². The molecule has 1 aliphatic rings. The number of para-hydroxylation sites is 1. The Morgan fingerprint density at radius 3 is 2.77 bits per heavy atom. The summed E-state index contributed by atoms with van der Waals surface area (Å²) < 4.78 is 2.59. The van der Waals surface area contributed by atoms with Crippen LogP contribution >= 0.6 is 0 Å². The van der Waals surface area contributed by atoms with E-state index in [9.17, 15) is 9.59 Å². The van der Waals surface area contributed by atoms with Gasteiger partial charge in [-0.3, -0.25) is 13.9 Å². The van der Waals surface area contributed by atoms with E-state index in [1.807, 2.05) is 31.2 Å². The molecule has 0 saturated carbocycles. The Morgan fingerprint density at radius 1 is 1.16 bits per heavy atom. The number of H-pyrrole nitrogens is 1. The number of rotatable bonds is 3. The van der Waals surface area contributed by atoms with E-state index in [4.69, 9.17) is 0 Å². The second-order valence-corrected chi connectivity index (χ2v) is 8.43. The number of aromatic nitrogens is 6. The number of nitrogens with zero attached hydrogens (tertiary/aromatic N) is 6. The number of aryl methyl sites for hydroxylation is 2. The van der Waals surface area contributed by atoms with Gasteiger partial charge in [0.15, 0.2) is 11.2 Å². The summed E-state index contributed by atoms with van der Waals surface area (Å²) in [6, 6.07) is 7.70. The Balaban J connectivity index is 1.59. The monoisotopic (exact) mass is 419 g/mol. The van der Waals surface area contributed by atoms with Gasteiger partial charge in [0.2, 0.25) is 5.95 Å². The predicted molar refractivity (Wildman–Crippen MR) is 120 cm³/mol. The molecule has 1 fully saturated rings. The molecule has 9 heteroatoms. The van der Waals surface area contributed by atoms with Gasteiger partial charge in [-0.1, -0.05) is 25.1 Å². The summed E-state index contributed by atoms with van der Waals surface area (Å²) in [5.74, 6) is 1.64. The van der Waals surface area contributed by atoms with Gasteiger partial charge in [-0.05, 0) is 31.7 Å². The van der Waals surface area contributed by atoms with Crippen LogP contribution in [0.4, 0.5) is 5.95 Å². The maximum atomic E-state index is 13.2. The Bertz CT molecular complexity index is 1420. The summed E-state index contributed by atoms with van der Waals surface area (Å²) in [7, 11) is 1.64.